The van der Waals surface area contributed by atoms with Crippen LogP contribution < -0.4 is 4.74 Å². The summed E-state index contributed by atoms with van der Waals surface area (Å²) >= 11 is 0. The monoisotopic (exact) mass is 377 g/mol. The number of carbonyl (C=O) groups is 2. The van der Waals surface area contributed by atoms with Crippen molar-refractivity contribution in [2.75, 3.05) is 33.3 Å². The van der Waals surface area contributed by atoms with E-state index in [4.69, 9.17) is 10.00 Å². The third-order valence-corrected chi connectivity index (χ3v) is 4.94. The largest absolute Gasteiger partial charge is 0.497 e. The van der Waals surface area contributed by atoms with Gasteiger partial charge >= 0.3 is 0 Å². The number of nitrogens with zero attached hydrogens (tertiary/aromatic N) is 3. The number of hydrogen-bond acceptors (Lipinski definition) is 4. The number of piperazine rings is 1. The average molecular weight is 377 g/mol. The van der Waals surface area contributed by atoms with Gasteiger partial charge in [-0.2, -0.15) is 5.26 Å². The van der Waals surface area contributed by atoms with Crippen molar-refractivity contribution >= 4 is 11.8 Å². The number of nitriles is 1. The molecule has 2 amide bonds. The third kappa shape index (κ3) is 4.68. The number of hydrogen-bond donors (Lipinski definition) is 0. The maximum absolute atomic E-state index is 12.6. The first-order chi connectivity index (χ1) is 13.6. The van der Waals surface area contributed by atoms with Crippen molar-refractivity contribution < 1.29 is 14.3 Å². The van der Waals surface area contributed by atoms with E-state index in [1.165, 1.54) is 0 Å². The summed E-state index contributed by atoms with van der Waals surface area (Å²) in [5.74, 6) is 0.813. The summed E-state index contributed by atoms with van der Waals surface area (Å²) in [6, 6.07) is 16.5. The molecule has 28 heavy (non-hydrogen) atoms. The van der Waals surface area contributed by atoms with Crippen molar-refractivity contribution in [2.45, 2.75) is 12.8 Å². The molecule has 1 saturated heterocycles. The molecule has 2 aromatic rings. The van der Waals surface area contributed by atoms with E-state index in [1.807, 2.05) is 29.2 Å². The smallest absolute Gasteiger partial charge is 0.254 e. The predicted molar refractivity (Wildman–Crippen MR) is 105 cm³/mol. The Labute approximate surface area is 164 Å². The molecule has 0 saturated carbocycles. The zero-order chi connectivity index (χ0) is 19.9. The van der Waals surface area contributed by atoms with Gasteiger partial charge in [0.2, 0.25) is 5.91 Å². The zero-order valence-electron chi connectivity index (χ0n) is 15.9. The Balaban J connectivity index is 1.49. The number of carbonyl (C=O) groups excluding carboxylic acids is 2. The molecule has 144 valence electrons. The van der Waals surface area contributed by atoms with Gasteiger partial charge in [0.1, 0.15) is 5.75 Å². The summed E-state index contributed by atoms with van der Waals surface area (Å²) in [5, 5.41) is 8.98. The Morgan fingerprint density at radius 2 is 1.71 bits per heavy atom. The van der Waals surface area contributed by atoms with Gasteiger partial charge in [-0.25, -0.2) is 0 Å². The lowest BCUT2D eigenvalue weighted by atomic mass is 10.1. The fourth-order valence-electron chi connectivity index (χ4n) is 3.26. The van der Waals surface area contributed by atoms with Gasteiger partial charge in [0, 0.05) is 38.2 Å². The second-order valence-electron chi connectivity index (χ2n) is 6.71. The Hall–Kier alpha value is -3.33. The highest BCUT2D eigenvalue weighted by Gasteiger charge is 2.24. The average Bonchev–Trinajstić information content (AvgIpc) is 2.77. The molecule has 1 aliphatic heterocycles. The number of amides is 2. The molecule has 6 heteroatoms. The topological polar surface area (TPSA) is 73.6 Å². The van der Waals surface area contributed by atoms with Crippen LogP contribution in [0.4, 0.5) is 0 Å². The molecule has 1 heterocycles. The Kier molecular flexibility index (Phi) is 6.28. The van der Waals surface area contributed by atoms with Crippen molar-refractivity contribution in [3.8, 4) is 11.8 Å². The van der Waals surface area contributed by atoms with Gasteiger partial charge < -0.3 is 14.5 Å². The van der Waals surface area contributed by atoms with Crippen LogP contribution in [0, 0.1) is 11.3 Å². The van der Waals surface area contributed by atoms with E-state index in [2.05, 4.69) is 6.07 Å². The zero-order valence-corrected chi connectivity index (χ0v) is 15.9. The standard InChI is InChI=1S/C22H23N3O3/c1-28-20-8-5-17(6-9-20)7-10-21(26)24-11-13-25(14-12-24)22(27)19-4-2-3-18(15-19)16-23/h2-6,8-9,15H,7,10-14H2,1H3. The maximum atomic E-state index is 12.6. The quantitative estimate of drug-likeness (QED) is 0.802. The molecular formula is C22H23N3O3. The Morgan fingerprint density at radius 1 is 1.04 bits per heavy atom. The van der Waals surface area contributed by atoms with Crippen LogP contribution in [0.3, 0.4) is 0 Å². The normalized spacial score (nSPS) is 13.7. The van der Waals surface area contributed by atoms with Crippen LogP contribution in [0.15, 0.2) is 48.5 Å². The van der Waals surface area contributed by atoms with E-state index < -0.39 is 0 Å². The second-order valence-corrected chi connectivity index (χ2v) is 6.71. The molecule has 0 unspecified atom stereocenters. The molecule has 0 aliphatic carbocycles. The molecule has 1 aliphatic rings. The number of benzene rings is 2. The fraction of sp³-hybridized carbons (Fsp3) is 0.318. The van der Waals surface area contributed by atoms with Crippen molar-refractivity contribution in [1.82, 2.24) is 9.80 Å². The van der Waals surface area contributed by atoms with Gasteiger partial charge in [-0.05, 0) is 42.3 Å². The summed E-state index contributed by atoms with van der Waals surface area (Å²) in [5.41, 5.74) is 2.08. The molecule has 1 fully saturated rings. The van der Waals surface area contributed by atoms with Gasteiger partial charge in [0.25, 0.3) is 5.91 Å². The minimum Gasteiger partial charge on any atom is -0.497 e. The number of aryl methyl sites for hydroxylation is 1. The predicted octanol–water partition coefficient (Wildman–Crippen LogP) is 2.48. The van der Waals surface area contributed by atoms with Gasteiger partial charge in [0.05, 0.1) is 18.7 Å². The Morgan fingerprint density at radius 3 is 2.36 bits per heavy atom. The maximum Gasteiger partial charge on any atom is 0.254 e. The van der Waals surface area contributed by atoms with Crippen molar-refractivity contribution in [1.29, 1.82) is 5.26 Å². The first-order valence-electron chi connectivity index (χ1n) is 9.31. The van der Waals surface area contributed by atoms with Crippen LogP contribution in [0.1, 0.15) is 27.9 Å². The highest BCUT2D eigenvalue weighted by molar-refractivity contribution is 5.94. The number of rotatable bonds is 5. The molecular weight excluding hydrogens is 354 g/mol. The minimum absolute atomic E-state index is 0.0950. The van der Waals surface area contributed by atoms with Crippen LogP contribution >= 0.6 is 0 Å². The molecule has 3 rings (SSSR count). The van der Waals surface area contributed by atoms with Gasteiger partial charge in [0.15, 0.2) is 0 Å². The van der Waals surface area contributed by atoms with E-state index in [1.54, 1.807) is 36.3 Å². The van der Waals surface area contributed by atoms with Gasteiger partial charge in [-0.1, -0.05) is 18.2 Å². The molecule has 0 radical (unpaired) electrons. The summed E-state index contributed by atoms with van der Waals surface area (Å²) < 4.78 is 5.14. The van der Waals surface area contributed by atoms with E-state index in [0.29, 0.717) is 50.1 Å². The summed E-state index contributed by atoms with van der Waals surface area (Å²) in [7, 11) is 1.63. The van der Waals surface area contributed by atoms with Crippen LogP contribution in [0.2, 0.25) is 0 Å². The number of methoxy groups -OCH3 is 1. The lowest BCUT2D eigenvalue weighted by molar-refractivity contribution is -0.132. The first kappa shape index (κ1) is 19.4. The van der Waals surface area contributed by atoms with Crippen molar-refractivity contribution in [2.24, 2.45) is 0 Å². The molecule has 0 spiro atoms. The highest BCUT2D eigenvalue weighted by atomic mass is 16.5. The van der Waals surface area contributed by atoms with Crippen LogP contribution in [0.5, 0.6) is 5.75 Å². The molecule has 2 aromatic carbocycles. The molecule has 0 N–H and O–H groups in total. The second kappa shape index (κ2) is 9.05. The SMILES string of the molecule is COc1ccc(CCC(=O)N2CCN(C(=O)c3cccc(C#N)c3)CC2)cc1. The lowest BCUT2D eigenvalue weighted by Gasteiger charge is -2.35. The molecule has 0 aromatic heterocycles. The van der Waals surface area contributed by atoms with Crippen molar-refractivity contribution in [3.05, 3.63) is 65.2 Å². The molecule has 0 atom stereocenters. The lowest BCUT2D eigenvalue weighted by Crippen LogP contribution is -2.50. The Bertz CT molecular complexity index is 879. The van der Waals surface area contributed by atoms with E-state index in [9.17, 15) is 9.59 Å². The summed E-state index contributed by atoms with van der Waals surface area (Å²) in [6.45, 7) is 2.07. The molecule has 0 bridgehead atoms. The minimum atomic E-state index is -0.0950. The van der Waals surface area contributed by atoms with E-state index >= 15 is 0 Å². The summed E-state index contributed by atoms with van der Waals surface area (Å²) in [4.78, 5) is 28.7. The van der Waals surface area contributed by atoms with E-state index in [-0.39, 0.29) is 11.8 Å². The number of ether oxygens (including phenoxy) is 1. The van der Waals surface area contributed by atoms with Gasteiger partial charge in [-0.15, -0.1) is 0 Å². The highest BCUT2D eigenvalue weighted by Crippen LogP contribution is 2.15. The fourth-order valence-corrected chi connectivity index (χ4v) is 3.26. The molecule has 6 nitrogen and oxygen atoms in total. The first-order valence-corrected chi connectivity index (χ1v) is 9.31. The van der Waals surface area contributed by atoms with Crippen LogP contribution in [-0.2, 0) is 11.2 Å². The van der Waals surface area contributed by atoms with Crippen LogP contribution in [0.25, 0.3) is 0 Å². The third-order valence-electron chi connectivity index (χ3n) is 4.94. The van der Waals surface area contributed by atoms with E-state index in [0.717, 1.165) is 11.3 Å². The summed E-state index contributed by atoms with van der Waals surface area (Å²) in [6.07, 6.45) is 1.13. The van der Waals surface area contributed by atoms with Crippen molar-refractivity contribution in [3.63, 3.8) is 0 Å². The van der Waals surface area contributed by atoms with Crippen LogP contribution in [-0.4, -0.2) is 54.9 Å². The van der Waals surface area contributed by atoms with Gasteiger partial charge in [-0.3, -0.25) is 9.59 Å².